The molecule has 1 aromatic rings. The SMILES string of the molecule is CNc1ccc(S(=O)(=O)NC2(C)CC2)cc1. The third-order valence-corrected chi connectivity index (χ3v) is 4.49. The molecule has 2 N–H and O–H groups in total. The number of nitrogens with one attached hydrogen (secondary N) is 2. The highest BCUT2D eigenvalue weighted by atomic mass is 32.2. The summed E-state index contributed by atoms with van der Waals surface area (Å²) in [7, 11) is -1.56. The summed E-state index contributed by atoms with van der Waals surface area (Å²) in [6.07, 6.45) is 1.83. The highest BCUT2D eigenvalue weighted by Crippen LogP contribution is 2.35. The first-order chi connectivity index (χ1) is 7.45. The lowest BCUT2D eigenvalue weighted by Crippen LogP contribution is -2.34. The van der Waals surface area contributed by atoms with Crippen molar-refractivity contribution in [1.29, 1.82) is 0 Å². The molecular weight excluding hydrogens is 224 g/mol. The van der Waals surface area contributed by atoms with Crippen molar-refractivity contribution in [2.24, 2.45) is 0 Å². The Labute approximate surface area is 96.1 Å². The van der Waals surface area contributed by atoms with Gasteiger partial charge in [0.2, 0.25) is 10.0 Å². The molecule has 1 aliphatic rings. The molecule has 88 valence electrons. The molecule has 0 atom stereocenters. The topological polar surface area (TPSA) is 58.2 Å². The van der Waals surface area contributed by atoms with Gasteiger partial charge in [-0.15, -0.1) is 0 Å². The van der Waals surface area contributed by atoms with Crippen molar-refractivity contribution in [2.75, 3.05) is 12.4 Å². The van der Waals surface area contributed by atoms with Gasteiger partial charge in [0.25, 0.3) is 0 Å². The Morgan fingerprint density at radius 3 is 2.19 bits per heavy atom. The Hall–Kier alpha value is -1.07. The summed E-state index contributed by atoms with van der Waals surface area (Å²) in [6, 6.07) is 6.73. The van der Waals surface area contributed by atoms with E-state index in [0.29, 0.717) is 4.90 Å². The lowest BCUT2D eigenvalue weighted by molar-refractivity contribution is 0.558. The van der Waals surface area contributed by atoms with Gasteiger partial charge in [0, 0.05) is 18.3 Å². The summed E-state index contributed by atoms with van der Waals surface area (Å²) in [6.45, 7) is 1.92. The van der Waals surface area contributed by atoms with Crippen LogP contribution in [0.5, 0.6) is 0 Å². The van der Waals surface area contributed by atoms with Gasteiger partial charge in [-0.1, -0.05) is 0 Å². The van der Waals surface area contributed by atoms with Crippen LogP contribution < -0.4 is 10.0 Å². The molecule has 0 spiro atoms. The van der Waals surface area contributed by atoms with Gasteiger partial charge >= 0.3 is 0 Å². The summed E-state index contributed by atoms with van der Waals surface area (Å²) in [5.74, 6) is 0. The molecule has 0 bridgehead atoms. The van der Waals surface area contributed by atoms with Crippen LogP contribution in [-0.4, -0.2) is 21.0 Å². The summed E-state index contributed by atoms with van der Waals surface area (Å²) in [5.41, 5.74) is 0.678. The normalized spacial score (nSPS) is 18.1. The first-order valence-corrected chi connectivity index (χ1v) is 6.75. The van der Waals surface area contributed by atoms with Crippen LogP contribution in [0.15, 0.2) is 29.2 Å². The first kappa shape index (κ1) is 11.4. The fourth-order valence-corrected chi connectivity index (χ4v) is 2.94. The smallest absolute Gasteiger partial charge is 0.241 e. The molecule has 2 rings (SSSR count). The lowest BCUT2D eigenvalue weighted by atomic mass is 10.3. The minimum Gasteiger partial charge on any atom is -0.388 e. The monoisotopic (exact) mass is 240 g/mol. The molecule has 1 aromatic carbocycles. The third kappa shape index (κ3) is 2.36. The molecule has 0 aliphatic heterocycles. The average Bonchev–Trinajstić information content (AvgIpc) is 2.95. The average molecular weight is 240 g/mol. The zero-order valence-corrected chi connectivity index (χ0v) is 10.3. The van der Waals surface area contributed by atoms with Gasteiger partial charge in [0.15, 0.2) is 0 Å². The molecule has 0 unspecified atom stereocenters. The number of hydrogen-bond acceptors (Lipinski definition) is 3. The van der Waals surface area contributed by atoms with Crippen LogP contribution in [-0.2, 0) is 10.0 Å². The second-order valence-electron chi connectivity index (χ2n) is 4.44. The number of anilines is 1. The van der Waals surface area contributed by atoms with Crippen LogP contribution in [0.25, 0.3) is 0 Å². The van der Waals surface area contributed by atoms with Crippen molar-refractivity contribution in [3.8, 4) is 0 Å². The van der Waals surface area contributed by atoms with E-state index in [0.717, 1.165) is 18.5 Å². The Kier molecular flexibility index (Phi) is 2.67. The molecule has 1 fully saturated rings. The second-order valence-corrected chi connectivity index (χ2v) is 6.12. The standard InChI is InChI=1S/C11H16N2O2S/c1-11(7-8-11)13-16(14,15)10-5-3-9(12-2)4-6-10/h3-6,12-13H,7-8H2,1-2H3. The maximum Gasteiger partial charge on any atom is 0.241 e. The van der Waals surface area contributed by atoms with Gasteiger partial charge in [0.05, 0.1) is 4.90 Å². The van der Waals surface area contributed by atoms with Crippen LogP contribution in [0.3, 0.4) is 0 Å². The lowest BCUT2D eigenvalue weighted by Gasteiger charge is -2.12. The van der Waals surface area contributed by atoms with Crippen molar-refractivity contribution in [2.45, 2.75) is 30.2 Å². The summed E-state index contributed by atoms with van der Waals surface area (Å²) < 4.78 is 26.6. The second kappa shape index (κ2) is 3.75. The molecule has 0 saturated heterocycles. The minimum atomic E-state index is -3.36. The fraction of sp³-hybridized carbons (Fsp3) is 0.455. The van der Waals surface area contributed by atoms with Crippen LogP contribution in [0.1, 0.15) is 19.8 Å². The summed E-state index contributed by atoms with van der Waals surface area (Å²) >= 11 is 0. The van der Waals surface area contributed by atoms with E-state index in [9.17, 15) is 8.42 Å². The maximum absolute atomic E-state index is 12.0. The maximum atomic E-state index is 12.0. The third-order valence-electron chi connectivity index (χ3n) is 2.83. The van der Waals surface area contributed by atoms with Crippen molar-refractivity contribution < 1.29 is 8.42 Å². The molecule has 0 aromatic heterocycles. The van der Waals surface area contributed by atoms with E-state index in [-0.39, 0.29) is 5.54 Å². The van der Waals surface area contributed by atoms with Crippen LogP contribution in [0.4, 0.5) is 5.69 Å². The molecular formula is C11H16N2O2S. The predicted molar refractivity (Wildman–Crippen MR) is 63.9 cm³/mol. The van der Waals surface area contributed by atoms with Gasteiger partial charge in [-0.3, -0.25) is 0 Å². The fourth-order valence-electron chi connectivity index (χ4n) is 1.47. The number of hydrogen-bond donors (Lipinski definition) is 2. The Bertz CT molecular complexity index is 475. The van der Waals surface area contributed by atoms with E-state index in [2.05, 4.69) is 10.0 Å². The molecule has 16 heavy (non-hydrogen) atoms. The Balaban J connectivity index is 2.21. The first-order valence-electron chi connectivity index (χ1n) is 5.27. The van der Waals surface area contributed by atoms with E-state index in [4.69, 9.17) is 0 Å². The molecule has 0 amide bonds. The van der Waals surface area contributed by atoms with Crippen molar-refractivity contribution >= 4 is 15.7 Å². The van der Waals surface area contributed by atoms with E-state index in [1.54, 1.807) is 31.3 Å². The zero-order valence-electron chi connectivity index (χ0n) is 9.45. The number of benzene rings is 1. The van der Waals surface area contributed by atoms with E-state index in [1.807, 2.05) is 6.92 Å². The van der Waals surface area contributed by atoms with E-state index >= 15 is 0 Å². The Morgan fingerprint density at radius 2 is 1.75 bits per heavy atom. The quantitative estimate of drug-likeness (QED) is 0.839. The zero-order chi connectivity index (χ0) is 11.8. The Morgan fingerprint density at radius 1 is 1.19 bits per heavy atom. The van der Waals surface area contributed by atoms with Gasteiger partial charge < -0.3 is 5.32 Å². The van der Waals surface area contributed by atoms with Crippen molar-refractivity contribution in [3.63, 3.8) is 0 Å². The number of sulfonamides is 1. The highest BCUT2D eigenvalue weighted by molar-refractivity contribution is 7.89. The molecule has 4 nitrogen and oxygen atoms in total. The molecule has 0 radical (unpaired) electrons. The molecule has 5 heteroatoms. The predicted octanol–water partition coefficient (Wildman–Crippen LogP) is 1.56. The van der Waals surface area contributed by atoms with E-state index in [1.165, 1.54) is 0 Å². The molecule has 1 aliphatic carbocycles. The van der Waals surface area contributed by atoms with Crippen molar-refractivity contribution in [1.82, 2.24) is 4.72 Å². The van der Waals surface area contributed by atoms with Gasteiger partial charge in [-0.2, -0.15) is 0 Å². The molecule has 1 saturated carbocycles. The van der Waals surface area contributed by atoms with Crippen molar-refractivity contribution in [3.05, 3.63) is 24.3 Å². The summed E-state index contributed by atoms with van der Waals surface area (Å²) in [4.78, 5) is 0.319. The number of rotatable bonds is 4. The molecule has 0 heterocycles. The van der Waals surface area contributed by atoms with E-state index < -0.39 is 10.0 Å². The van der Waals surface area contributed by atoms with Gasteiger partial charge in [0.1, 0.15) is 0 Å². The van der Waals surface area contributed by atoms with Crippen LogP contribution in [0.2, 0.25) is 0 Å². The minimum absolute atomic E-state index is 0.222. The van der Waals surface area contributed by atoms with Crippen LogP contribution in [0, 0.1) is 0 Å². The van der Waals surface area contributed by atoms with Gasteiger partial charge in [-0.25, -0.2) is 13.1 Å². The van der Waals surface area contributed by atoms with Crippen LogP contribution >= 0.6 is 0 Å². The summed E-state index contributed by atoms with van der Waals surface area (Å²) in [5, 5.41) is 2.95. The van der Waals surface area contributed by atoms with Gasteiger partial charge in [-0.05, 0) is 44.0 Å². The highest BCUT2D eigenvalue weighted by Gasteiger charge is 2.41. The largest absolute Gasteiger partial charge is 0.388 e.